The summed E-state index contributed by atoms with van der Waals surface area (Å²) in [6, 6.07) is 0.221. The smallest absolute Gasteiger partial charge is 0.329 e. The third kappa shape index (κ3) is 4.57. The van der Waals surface area contributed by atoms with Crippen LogP contribution < -0.4 is 16.4 Å². The molecule has 26 heavy (non-hydrogen) atoms. The van der Waals surface area contributed by atoms with Crippen LogP contribution in [-0.4, -0.2) is 46.1 Å². The Bertz CT molecular complexity index is 656. The maximum Gasteiger partial charge on any atom is 0.329 e. The van der Waals surface area contributed by atoms with Gasteiger partial charge in [0.25, 0.3) is 0 Å². The molecule has 1 saturated heterocycles. The zero-order chi connectivity index (χ0) is 18.5. The maximum atomic E-state index is 11.3. The van der Waals surface area contributed by atoms with E-state index >= 15 is 0 Å². The molecule has 1 aliphatic carbocycles. The number of nitrogens with zero attached hydrogens (tertiary/aromatic N) is 3. The lowest BCUT2D eigenvalue weighted by Gasteiger charge is -2.27. The van der Waals surface area contributed by atoms with E-state index < -0.39 is 4.92 Å². The Morgan fingerprint density at radius 1 is 1.15 bits per heavy atom. The Hall–Kier alpha value is -2.49. The van der Waals surface area contributed by atoms with E-state index in [9.17, 15) is 14.9 Å². The highest BCUT2D eigenvalue weighted by atomic mass is 16.6. The van der Waals surface area contributed by atoms with Crippen LogP contribution in [0.3, 0.4) is 0 Å². The molecule has 0 spiro atoms. The maximum absolute atomic E-state index is 11.3. The van der Waals surface area contributed by atoms with E-state index in [1.807, 2.05) is 0 Å². The summed E-state index contributed by atoms with van der Waals surface area (Å²) in [5, 5.41) is 17.7. The number of ether oxygens (including phenoxy) is 1. The lowest BCUT2D eigenvalue weighted by Crippen LogP contribution is -2.33. The SMILES string of the molecule is NC(=O)[C@H]1CC[C@H](Nc2nc(NC3CCOCC3)ncc2[N+](=O)[O-])CC1. The van der Waals surface area contributed by atoms with Crippen molar-refractivity contribution in [1.29, 1.82) is 0 Å². The average molecular weight is 364 g/mol. The van der Waals surface area contributed by atoms with Gasteiger partial charge in [0.1, 0.15) is 6.20 Å². The van der Waals surface area contributed by atoms with Crippen LogP contribution in [0.15, 0.2) is 6.20 Å². The standard InChI is InChI=1S/C16H24N6O4/c17-14(23)10-1-3-11(4-2-10)19-15-13(22(24)25)9-18-16(21-15)20-12-5-7-26-8-6-12/h9-12H,1-8H2,(H2,17,23)(H2,18,19,20,21)/t10-,11-. The van der Waals surface area contributed by atoms with Crippen LogP contribution in [0.25, 0.3) is 0 Å². The predicted octanol–water partition coefficient (Wildman–Crippen LogP) is 1.43. The largest absolute Gasteiger partial charge is 0.381 e. The fraction of sp³-hybridized carbons (Fsp3) is 0.688. The second-order valence-electron chi connectivity index (χ2n) is 6.81. The summed E-state index contributed by atoms with van der Waals surface area (Å²) < 4.78 is 5.32. The first-order chi connectivity index (χ1) is 12.5. The van der Waals surface area contributed by atoms with Gasteiger partial charge >= 0.3 is 5.69 Å². The first-order valence-corrected chi connectivity index (χ1v) is 8.94. The highest BCUT2D eigenvalue weighted by Crippen LogP contribution is 2.29. The zero-order valence-electron chi connectivity index (χ0n) is 14.5. The molecule has 1 amide bonds. The number of rotatable bonds is 6. The van der Waals surface area contributed by atoms with Gasteiger partial charge < -0.3 is 21.1 Å². The van der Waals surface area contributed by atoms with Gasteiger partial charge in [0, 0.05) is 31.2 Å². The molecule has 10 nitrogen and oxygen atoms in total. The van der Waals surface area contributed by atoms with Gasteiger partial charge in [-0.3, -0.25) is 14.9 Å². The summed E-state index contributed by atoms with van der Waals surface area (Å²) >= 11 is 0. The Morgan fingerprint density at radius 2 is 1.81 bits per heavy atom. The molecule has 0 atom stereocenters. The minimum atomic E-state index is -0.490. The number of nitro groups is 1. The molecule has 142 valence electrons. The minimum Gasteiger partial charge on any atom is -0.381 e. The Labute approximate surface area is 151 Å². The van der Waals surface area contributed by atoms with E-state index in [0.29, 0.717) is 32.0 Å². The molecule has 1 saturated carbocycles. The van der Waals surface area contributed by atoms with Crippen LogP contribution in [0, 0.1) is 16.0 Å². The second kappa shape index (κ2) is 8.26. The van der Waals surface area contributed by atoms with Crippen LogP contribution >= 0.6 is 0 Å². The van der Waals surface area contributed by atoms with Gasteiger partial charge in [0.2, 0.25) is 17.7 Å². The normalized spacial score (nSPS) is 24.0. The van der Waals surface area contributed by atoms with E-state index in [2.05, 4.69) is 20.6 Å². The van der Waals surface area contributed by atoms with E-state index in [-0.39, 0.29) is 35.4 Å². The monoisotopic (exact) mass is 364 g/mol. The number of hydrogen-bond donors (Lipinski definition) is 3. The van der Waals surface area contributed by atoms with Crippen LogP contribution in [-0.2, 0) is 9.53 Å². The van der Waals surface area contributed by atoms with Crippen LogP contribution in [0.5, 0.6) is 0 Å². The fourth-order valence-electron chi connectivity index (χ4n) is 3.42. The van der Waals surface area contributed by atoms with Crippen molar-refractivity contribution in [2.24, 2.45) is 11.7 Å². The molecular formula is C16H24N6O4. The molecule has 2 aliphatic rings. The van der Waals surface area contributed by atoms with Crippen LogP contribution in [0.1, 0.15) is 38.5 Å². The van der Waals surface area contributed by atoms with Crippen molar-refractivity contribution in [2.45, 2.75) is 50.6 Å². The third-order valence-electron chi connectivity index (χ3n) is 4.99. The molecule has 0 aromatic carbocycles. The lowest BCUT2D eigenvalue weighted by atomic mass is 9.85. The number of primary amides is 1. The molecule has 1 aromatic heterocycles. The summed E-state index contributed by atoms with van der Waals surface area (Å²) in [5.74, 6) is 0.191. The number of nitrogens with two attached hydrogens (primary N) is 1. The topological polar surface area (TPSA) is 145 Å². The number of aromatic nitrogens is 2. The molecule has 1 aromatic rings. The van der Waals surface area contributed by atoms with Gasteiger partial charge in [-0.25, -0.2) is 4.98 Å². The van der Waals surface area contributed by atoms with E-state index in [1.165, 1.54) is 6.20 Å². The number of carbonyl (C=O) groups excluding carboxylic acids is 1. The summed E-state index contributed by atoms with van der Waals surface area (Å²) in [6.07, 6.45) is 5.72. The van der Waals surface area contributed by atoms with Crippen molar-refractivity contribution in [2.75, 3.05) is 23.8 Å². The van der Waals surface area contributed by atoms with Crippen molar-refractivity contribution >= 4 is 23.4 Å². The van der Waals surface area contributed by atoms with Crippen molar-refractivity contribution in [3.05, 3.63) is 16.3 Å². The second-order valence-corrected chi connectivity index (χ2v) is 6.81. The van der Waals surface area contributed by atoms with E-state index in [4.69, 9.17) is 10.5 Å². The molecule has 3 rings (SSSR count). The minimum absolute atomic E-state index is 0.0233. The molecular weight excluding hydrogens is 340 g/mol. The first-order valence-electron chi connectivity index (χ1n) is 8.94. The zero-order valence-corrected chi connectivity index (χ0v) is 14.5. The molecule has 4 N–H and O–H groups in total. The Kier molecular flexibility index (Phi) is 5.82. The third-order valence-corrected chi connectivity index (χ3v) is 4.99. The van der Waals surface area contributed by atoms with Crippen molar-refractivity contribution in [3.8, 4) is 0 Å². The van der Waals surface area contributed by atoms with Crippen LogP contribution in [0.2, 0.25) is 0 Å². The summed E-state index contributed by atoms with van der Waals surface area (Å²) in [6.45, 7) is 1.36. The molecule has 0 unspecified atom stereocenters. The first kappa shape index (κ1) is 18.3. The van der Waals surface area contributed by atoms with Crippen molar-refractivity contribution in [1.82, 2.24) is 9.97 Å². The van der Waals surface area contributed by atoms with Gasteiger partial charge in [-0.1, -0.05) is 0 Å². The van der Waals surface area contributed by atoms with Gasteiger partial charge in [-0.2, -0.15) is 4.98 Å². The molecule has 2 fully saturated rings. The molecule has 0 radical (unpaired) electrons. The Morgan fingerprint density at radius 3 is 2.42 bits per heavy atom. The van der Waals surface area contributed by atoms with Crippen molar-refractivity contribution < 1.29 is 14.5 Å². The Balaban J connectivity index is 1.68. The fourth-order valence-corrected chi connectivity index (χ4v) is 3.42. The molecule has 10 heteroatoms. The number of amides is 1. The lowest BCUT2D eigenvalue weighted by molar-refractivity contribution is -0.384. The van der Waals surface area contributed by atoms with Crippen molar-refractivity contribution in [3.63, 3.8) is 0 Å². The number of anilines is 2. The van der Waals surface area contributed by atoms with Crippen LogP contribution in [0.4, 0.5) is 17.5 Å². The predicted molar refractivity (Wildman–Crippen MR) is 94.7 cm³/mol. The average Bonchev–Trinajstić information content (AvgIpc) is 2.63. The number of hydrogen-bond acceptors (Lipinski definition) is 8. The van der Waals surface area contributed by atoms with Gasteiger partial charge in [0.15, 0.2) is 0 Å². The molecule has 2 heterocycles. The van der Waals surface area contributed by atoms with E-state index in [0.717, 1.165) is 25.7 Å². The molecule has 1 aliphatic heterocycles. The van der Waals surface area contributed by atoms with Gasteiger partial charge in [-0.15, -0.1) is 0 Å². The number of carbonyl (C=O) groups is 1. The summed E-state index contributed by atoms with van der Waals surface area (Å²) in [4.78, 5) is 30.5. The highest BCUT2D eigenvalue weighted by molar-refractivity contribution is 5.76. The van der Waals surface area contributed by atoms with Gasteiger partial charge in [-0.05, 0) is 38.5 Å². The van der Waals surface area contributed by atoms with E-state index in [1.54, 1.807) is 0 Å². The molecule has 0 bridgehead atoms. The number of nitrogens with one attached hydrogen (secondary N) is 2. The highest BCUT2D eigenvalue weighted by Gasteiger charge is 2.27. The quantitative estimate of drug-likeness (QED) is 0.507. The van der Waals surface area contributed by atoms with Gasteiger partial charge in [0.05, 0.1) is 4.92 Å². The summed E-state index contributed by atoms with van der Waals surface area (Å²) in [5.41, 5.74) is 5.20. The summed E-state index contributed by atoms with van der Waals surface area (Å²) in [7, 11) is 0.